The van der Waals surface area contributed by atoms with E-state index in [0.717, 1.165) is 22.9 Å². The summed E-state index contributed by atoms with van der Waals surface area (Å²) in [7, 11) is 3.15. The second kappa shape index (κ2) is 10.6. The van der Waals surface area contributed by atoms with Crippen LogP contribution in [0.25, 0.3) is 0 Å². The largest absolute Gasteiger partial charge is 0.493 e. The molecule has 1 aromatic heterocycles. The van der Waals surface area contributed by atoms with Gasteiger partial charge in [-0.2, -0.15) is 0 Å². The van der Waals surface area contributed by atoms with E-state index in [-0.39, 0.29) is 11.7 Å². The first-order valence-electron chi connectivity index (χ1n) is 10.0. The minimum atomic E-state index is -0.484. The van der Waals surface area contributed by atoms with Gasteiger partial charge in [0.05, 0.1) is 18.7 Å². The third-order valence-electron chi connectivity index (χ3n) is 4.78. The Hall–Kier alpha value is -2.42. The molecule has 2 aromatic rings. The smallest absolute Gasteiger partial charge is 0.330 e. The van der Waals surface area contributed by atoms with Crippen molar-refractivity contribution in [3.8, 4) is 11.5 Å². The number of unbranched alkanes of at least 4 members (excludes halogenated alkanes) is 1. The molecule has 166 valence electrons. The van der Waals surface area contributed by atoms with Crippen molar-refractivity contribution in [1.82, 2.24) is 9.55 Å². The zero-order valence-electron chi connectivity index (χ0n) is 18.3. The minimum Gasteiger partial charge on any atom is -0.493 e. The van der Waals surface area contributed by atoms with E-state index < -0.39 is 11.2 Å². The maximum Gasteiger partial charge on any atom is 0.330 e. The van der Waals surface area contributed by atoms with Crippen molar-refractivity contribution in [2.24, 2.45) is 5.92 Å². The van der Waals surface area contributed by atoms with Crippen molar-refractivity contribution in [2.45, 2.75) is 46.7 Å². The zero-order chi connectivity index (χ0) is 22.4. The van der Waals surface area contributed by atoms with Gasteiger partial charge in [-0.05, 0) is 39.9 Å². The van der Waals surface area contributed by atoms with Gasteiger partial charge >= 0.3 is 5.69 Å². The molecule has 2 rings (SSSR count). The topological polar surface area (TPSA) is 103 Å². The molecule has 0 fully saturated rings. The lowest BCUT2D eigenvalue weighted by Gasteiger charge is -2.28. The number of hydrogen-bond donors (Lipinski definition) is 2. The predicted octanol–water partition coefficient (Wildman–Crippen LogP) is 3.36. The number of nitrogens with two attached hydrogens (primary N) is 1. The first kappa shape index (κ1) is 23.9. The van der Waals surface area contributed by atoms with Gasteiger partial charge in [-0.15, -0.1) is 0 Å². The molecule has 0 aliphatic rings. The average Bonchev–Trinajstić information content (AvgIpc) is 2.68. The molecule has 0 aliphatic carbocycles. The Labute approximate surface area is 185 Å². The summed E-state index contributed by atoms with van der Waals surface area (Å²) in [4.78, 5) is 29.4. The predicted molar refractivity (Wildman–Crippen MR) is 124 cm³/mol. The van der Waals surface area contributed by atoms with E-state index >= 15 is 0 Å². The SMILES string of the molecule is CCCCn1c(N)c(N(Cc2ccc(OC)c(OC)c2Br)CC(C)C)c(=O)[nH]c1=O. The maximum absolute atomic E-state index is 12.8. The molecular formula is C21H31BrN4O4. The average molecular weight is 483 g/mol. The number of benzene rings is 1. The van der Waals surface area contributed by atoms with Gasteiger partial charge in [-0.25, -0.2) is 4.79 Å². The Morgan fingerprint density at radius 1 is 1.23 bits per heavy atom. The Balaban J connectivity index is 2.57. The molecule has 30 heavy (non-hydrogen) atoms. The van der Waals surface area contributed by atoms with E-state index in [1.807, 2.05) is 24.0 Å². The number of nitrogens with one attached hydrogen (secondary N) is 1. The third kappa shape index (κ3) is 5.19. The lowest BCUT2D eigenvalue weighted by molar-refractivity contribution is 0.352. The lowest BCUT2D eigenvalue weighted by Crippen LogP contribution is -2.39. The number of rotatable bonds is 10. The molecule has 3 N–H and O–H groups in total. The third-order valence-corrected chi connectivity index (χ3v) is 5.65. The number of nitrogens with zero attached hydrogens (tertiary/aromatic N) is 2. The van der Waals surface area contributed by atoms with Crippen molar-refractivity contribution in [2.75, 3.05) is 31.4 Å². The van der Waals surface area contributed by atoms with E-state index in [4.69, 9.17) is 15.2 Å². The maximum atomic E-state index is 12.8. The molecule has 0 amide bonds. The molecule has 0 aliphatic heterocycles. The van der Waals surface area contributed by atoms with Gasteiger partial charge in [0.2, 0.25) is 0 Å². The Bertz CT molecular complexity index is 984. The van der Waals surface area contributed by atoms with E-state index in [0.29, 0.717) is 36.8 Å². The highest BCUT2D eigenvalue weighted by Gasteiger charge is 2.22. The number of nitrogen functional groups attached to an aromatic ring is 1. The van der Waals surface area contributed by atoms with Gasteiger partial charge in [-0.3, -0.25) is 14.3 Å². The minimum absolute atomic E-state index is 0.189. The fourth-order valence-electron chi connectivity index (χ4n) is 3.35. The number of ether oxygens (including phenoxy) is 2. The molecule has 1 aromatic carbocycles. The van der Waals surface area contributed by atoms with Crippen LogP contribution in [0, 0.1) is 5.92 Å². The van der Waals surface area contributed by atoms with E-state index in [1.54, 1.807) is 14.2 Å². The molecule has 0 unspecified atom stereocenters. The van der Waals surface area contributed by atoms with E-state index in [1.165, 1.54) is 4.57 Å². The number of hydrogen-bond acceptors (Lipinski definition) is 6. The molecule has 0 bridgehead atoms. The summed E-state index contributed by atoms with van der Waals surface area (Å²) in [5.74, 6) is 1.64. The van der Waals surface area contributed by atoms with Gasteiger partial charge in [0, 0.05) is 19.6 Å². The first-order chi connectivity index (χ1) is 14.2. The highest BCUT2D eigenvalue weighted by atomic mass is 79.9. The van der Waals surface area contributed by atoms with E-state index in [2.05, 4.69) is 34.8 Å². The fourth-order valence-corrected chi connectivity index (χ4v) is 3.97. The standard InChI is InChI=1S/C21H31BrN4O4/c1-6-7-10-26-19(23)17(20(27)24-21(26)28)25(11-13(2)3)12-14-8-9-15(29-4)18(30-5)16(14)22/h8-9,13H,6-7,10-12,23H2,1-5H3,(H,24,27,28). The Morgan fingerprint density at radius 3 is 2.50 bits per heavy atom. The summed E-state index contributed by atoms with van der Waals surface area (Å²) >= 11 is 3.59. The summed E-state index contributed by atoms with van der Waals surface area (Å²) in [5, 5.41) is 0. The lowest BCUT2D eigenvalue weighted by atomic mass is 10.1. The van der Waals surface area contributed by atoms with Crippen molar-refractivity contribution in [3.63, 3.8) is 0 Å². The highest BCUT2D eigenvalue weighted by Crippen LogP contribution is 2.38. The highest BCUT2D eigenvalue weighted by molar-refractivity contribution is 9.10. The first-order valence-corrected chi connectivity index (χ1v) is 10.8. The summed E-state index contributed by atoms with van der Waals surface area (Å²) in [6.45, 7) is 7.61. The zero-order valence-corrected chi connectivity index (χ0v) is 19.8. The molecule has 9 heteroatoms. The van der Waals surface area contributed by atoms with Crippen LogP contribution in [0.4, 0.5) is 11.5 Å². The summed E-state index contributed by atoms with van der Waals surface area (Å²) in [5.41, 5.74) is 6.58. The number of methoxy groups -OCH3 is 2. The summed E-state index contributed by atoms with van der Waals surface area (Å²) in [6.07, 6.45) is 1.70. The number of halogens is 1. The van der Waals surface area contributed by atoms with Gasteiger partial charge in [0.25, 0.3) is 5.56 Å². The monoisotopic (exact) mass is 482 g/mol. The quantitative estimate of drug-likeness (QED) is 0.538. The molecule has 1 heterocycles. The van der Waals surface area contributed by atoms with Crippen molar-refractivity contribution in [3.05, 3.63) is 43.0 Å². The van der Waals surface area contributed by atoms with E-state index in [9.17, 15) is 9.59 Å². The summed E-state index contributed by atoms with van der Waals surface area (Å²) in [6, 6.07) is 3.73. The van der Waals surface area contributed by atoms with Crippen molar-refractivity contribution < 1.29 is 9.47 Å². The van der Waals surface area contributed by atoms with Crippen LogP contribution in [0.15, 0.2) is 26.2 Å². The van der Waals surface area contributed by atoms with Crippen LogP contribution >= 0.6 is 15.9 Å². The molecule has 0 atom stereocenters. The van der Waals surface area contributed by atoms with Crippen LogP contribution < -0.4 is 31.4 Å². The number of anilines is 2. The molecule has 0 radical (unpaired) electrons. The van der Waals surface area contributed by atoms with Crippen LogP contribution in [0.1, 0.15) is 39.2 Å². The normalized spacial score (nSPS) is 11.0. The second-order valence-corrected chi connectivity index (χ2v) is 8.34. The van der Waals surface area contributed by atoms with Crippen LogP contribution in [0.5, 0.6) is 11.5 Å². The van der Waals surface area contributed by atoms with Gasteiger partial charge < -0.3 is 20.1 Å². The van der Waals surface area contributed by atoms with Crippen LogP contribution in [0.3, 0.4) is 0 Å². The van der Waals surface area contributed by atoms with Crippen LogP contribution in [-0.4, -0.2) is 30.3 Å². The van der Waals surface area contributed by atoms with Crippen molar-refractivity contribution >= 4 is 27.4 Å². The van der Waals surface area contributed by atoms with Crippen molar-refractivity contribution in [1.29, 1.82) is 0 Å². The second-order valence-electron chi connectivity index (χ2n) is 7.55. The van der Waals surface area contributed by atoms with Crippen LogP contribution in [-0.2, 0) is 13.1 Å². The molecule has 0 saturated heterocycles. The Morgan fingerprint density at radius 2 is 1.93 bits per heavy atom. The number of H-pyrrole nitrogens is 1. The number of aromatic nitrogens is 2. The Kier molecular flexibility index (Phi) is 8.40. The molecular weight excluding hydrogens is 452 g/mol. The van der Waals surface area contributed by atoms with Gasteiger partial charge in [0.1, 0.15) is 11.5 Å². The van der Waals surface area contributed by atoms with Crippen LogP contribution in [0.2, 0.25) is 0 Å². The number of aromatic amines is 1. The molecule has 0 spiro atoms. The van der Waals surface area contributed by atoms with Gasteiger partial charge in [0.15, 0.2) is 11.5 Å². The molecule has 8 nitrogen and oxygen atoms in total. The van der Waals surface area contributed by atoms with Gasteiger partial charge in [-0.1, -0.05) is 33.3 Å². The fraction of sp³-hybridized carbons (Fsp3) is 0.524. The summed E-state index contributed by atoms with van der Waals surface area (Å²) < 4.78 is 13.0. The molecule has 0 saturated carbocycles.